The first kappa shape index (κ1) is 17.4. The van der Waals surface area contributed by atoms with Crippen LogP contribution in [0.5, 0.6) is 0 Å². The first-order chi connectivity index (χ1) is 12.0. The molecule has 0 N–H and O–H groups in total. The standard InChI is InChI=1S/C19H24N4O2/c1-14-10-15(2)21-17(11-14)13-22(3)18-12-16(4-5-20-18)19(24)23-6-8-25-9-7-23/h4-5,10-12H,6-9,13H2,1-3H3. The molecular weight excluding hydrogens is 316 g/mol. The lowest BCUT2D eigenvalue weighted by Crippen LogP contribution is -2.40. The smallest absolute Gasteiger partial charge is 0.254 e. The minimum atomic E-state index is 0.0323. The Morgan fingerprint density at radius 1 is 1.24 bits per heavy atom. The second-order valence-electron chi connectivity index (χ2n) is 6.44. The molecule has 1 saturated heterocycles. The van der Waals surface area contributed by atoms with Crippen molar-refractivity contribution in [2.24, 2.45) is 0 Å². The summed E-state index contributed by atoms with van der Waals surface area (Å²) < 4.78 is 5.31. The van der Waals surface area contributed by atoms with Gasteiger partial charge in [-0.3, -0.25) is 9.78 Å². The highest BCUT2D eigenvalue weighted by Gasteiger charge is 2.19. The molecule has 6 heteroatoms. The number of nitrogens with zero attached hydrogens (tertiary/aromatic N) is 4. The van der Waals surface area contributed by atoms with Crippen LogP contribution < -0.4 is 4.90 Å². The van der Waals surface area contributed by atoms with Gasteiger partial charge >= 0.3 is 0 Å². The second-order valence-corrected chi connectivity index (χ2v) is 6.44. The summed E-state index contributed by atoms with van der Waals surface area (Å²) in [6.07, 6.45) is 1.69. The van der Waals surface area contributed by atoms with Crippen molar-refractivity contribution in [1.82, 2.24) is 14.9 Å². The van der Waals surface area contributed by atoms with Crippen molar-refractivity contribution in [1.29, 1.82) is 0 Å². The summed E-state index contributed by atoms with van der Waals surface area (Å²) in [4.78, 5) is 25.5. The van der Waals surface area contributed by atoms with E-state index in [0.29, 0.717) is 38.4 Å². The van der Waals surface area contributed by atoms with Gasteiger partial charge < -0.3 is 14.5 Å². The molecule has 0 aliphatic carbocycles. The SMILES string of the molecule is Cc1cc(C)nc(CN(C)c2cc(C(=O)N3CCOCC3)ccn2)c1. The van der Waals surface area contributed by atoms with E-state index in [1.165, 1.54) is 5.56 Å². The highest BCUT2D eigenvalue weighted by Crippen LogP contribution is 2.16. The van der Waals surface area contributed by atoms with E-state index in [0.717, 1.165) is 17.2 Å². The van der Waals surface area contributed by atoms with Gasteiger partial charge in [0.25, 0.3) is 5.91 Å². The highest BCUT2D eigenvalue weighted by molar-refractivity contribution is 5.94. The Hall–Kier alpha value is -2.47. The van der Waals surface area contributed by atoms with Gasteiger partial charge in [-0.05, 0) is 43.7 Å². The summed E-state index contributed by atoms with van der Waals surface area (Å²) in [6, 6.07) is 7.75. The van der Waals surface area contributed by atoms with Crippen molar-refractivity contribution in [3.05, 3.63) is 53.0 Å². The van der Waals surface area contributed by atoms with E-state index >= 15 is 0 Å². The number of aryl methyl sites for hydroxylation is 2. The third-order valence-electron chi connectivity index (χ3n) is 4.23. The zero-order valence-electron chi connectivity index (χ0n) is 15.0. The van der Waals surface area contributed by atoms with E-state index in [2.05, 4.69) is 29.0 Å². The molecule has 2 aromatic rings. The molecule has 0 unspecified atom stereocenters. The first-order valence-corrected chi connectivity index (χ1v) is 8.51. The van der Waals surface area contributed by atoms with Gasteiger partial charge in [-0.1, -0.05) is 0 Å². The minimum Gasteiger partial charge on any atom is -0.378 e. The fraction of sp³-hybridized carbons (Fsp3) is 0.421. The van der Waals surface area contributed by atoms with Gasteiger partial charge in [-0.2, -0.15) is 0 Å². The maximum Gasteiger partial charge on any atom is 0.254 e. The zero-order chi connectivity index (χ0) is 17.8. The molecule has 0 aromatic carbocycles. The summed E-state index contributed by atoms with van der Waals surface area (Å²) in [5, 5.41) is 0. The Kier molecular flexibility index (Phi) is 5.28. The lowest BCUT2D eigenvalue weighted by molar-refractivity contribution is 0.0303. The Labute approximate surface area is 148 Å². The molecule has 1 fully saturated rings. The van der Waals surface area contributed by atoms with Gasteiger partial charge in [0.1, 0.15) is 5.82 Å². The quantitative estimate of drug-likeness (QED) is 0.854. The topological polar surface area (TPSA) is 58.6 Å². The van der Waals surface area contributed by atoms with Crippen LogP contribution in [0, 0.1) is 13.8 Å². The third kappa shape index (κ3) is 4.33. The van der Waals surface area contributed by atoms with E-state index in [-0.39, 0.29) is 5.91 Å². The van der Waals surface area contributed by atoms with Gasteiger partial charge in [-0.25, -0.2) is 4.98 Å². The summed E-state index contributed by atoms with van der Waals surface area (Å²) in [5.74, 6) is 0.796. The molecule has 132 valence electrons. The highest BCUT2D eigenvalue weighted by atomic mass is 16.5. The molecule has 2 aromatic heterocycles. The normalized spacial score (nSPS) is 14.4. The minimum absolute atomic E-state index is 0.0323. The summed E-state index contributed by atoms with van der Waals surface area (Å²) >= 11 is 0. The number of carbonyl (C=O) groups excluding carboxylic acids is 1. The first-order valence-electron chi connectivity index (χ1n) is 8.51. The van der Waals surface area contributed by atoms with E-state index in [1.807, 2.05) is 29.8 Å². The molecular formula is C19H24N4O2. The molecule has 3 heterocycles. The monoisotopic (exact) mass is 340 g/mol. The Bertz CT molecular complexity index is 737. The van der Waals surface area contributed by atoms with Crippen molar-refractivity contribution in [3.63, 3.8) is 0 Å². The molecule has 0 spiro atoms. The number of aromatic nitrogens is 2. The third-order valence-corrected chi connectivity index (χ3v) is 4.23. The Morgan fingerprint density at radius 3 is 2.72 bits per heavy atom. The van der Waals surface area contributed by atoms with Crippen LogP contribution in [0.2, 0.25) is 0 Å². The second kappa shape index (κ2) is 7.61. The van der Waals surface area contributed by atoms with Crippen LogP contribution in [-0.2, 0) is 11.3 Å². The van der Waals surface area contributed by atoms with Crippen molar-refractivity contribution in [3.8, 4) is 0 Å². The fourth-order valence-corrected chi connectivity index (χ4v) is 3.04. The number of ether oxygens (including phenoxy) is 1. The van der Waals surface area contributed by atoms with Gasteiger partial charge in [0.2, 0.25) is 0 Å². The average molecular weight is 340 g/mol. The molecule has 6 nitrogen and oxygen atoms in total. The number of rotatable bonds is 4. The van der Waals surface area contributed by atoms with E-state index in [1.54, 1.807) is 12.3 Å². The predicted molar refractivity (Wildman–Crippen MR) is 96.8 cm³/mol. The molecule has 1 aliphatic heterocycles. The molecule has 0 bridgehead atoms. The Morgan fingerprint density at radius 2 is 2.00 bits per heavy atom. The average Bonchev–Trinajstić information content (AvgIpc) is 2.61. The molecule has 1 amide bonds. The summed E-state index contributed by atoms with van der Waals surface area (Å²) in [7, 11) is 1.96. The summed E-state index contributed by atoms with van der Waals surface area (Å²) in [5.41, 5.74) is 3.85. The van der Waals surface area contributed by atoms with Crippen LogP contribution in [0.3, 0.4) is 0 Å². The number of hydrogen-bond donors (Lipinski definition) is 0. The van der Waals surface area contributed by atoms with Gasteiger partial charge in [0, 0.05) is 37.6 Å². The molecule has 3 rings (SSSR count). The van der Waals surface area contributed by atoms with E-state index in [9.17, 15) is 4.79 Å². The van der Waals surface area contributed by atoms with Crippen molar-refractivity contribution >= 4 is 11.7 Å². The van der Waals surface area contributed by atoms with Crippen molar-refractivity contribution < 1.29 is 9.53 Å². The largest absolute Gasteiger partial charge is 0.378 e. The lowest BCUT2D eigenvalue weighted by Gasteiger charge is -2.27. The van der Waals surface area contributed by atoms with Crippen LogP contribution in [-0.4, -0.2) is 54.1 Å². The number of amides is 1. The van der Waals surface area contributed by atoms with Crippen LogP contribution in [0.15, 0.2) is 30.5 Å². The van der Waals surface area contributed by atoms with Gasteiger partial charge in [-0.15, -0.1) is 0 Å². The number of pyridine rings is 2. The predicted octanol–water partition coefficient (Wildman–Crippen LogP) is 2.20. The maximum atomic E-state index is 12.6. The zero-order valence-corrected chi connectivity index (χ0v) is 15.0. The molecule has 0 saturated carbocycles. The Balaban J connectivity index is 1.74. The fourth-order valence-electron chi connectivity index (χ4n) is 3.04. The van der Waals surface area contributed by atoms with Gasteiger partial charge in [0.15, 0.2) is 0 Å². The van der Waals surface area contributed by atoms with Crippen LogP contribution in [0.1, 0.15) is 27.3 Å². The lowest BCUT2D eigenvalue weighted by atomic mass is 10.2. The number of anilines is 1. The molecule has 1 aliphatic rings. The molecule has 0 radical (unpaired) electrons. The van der Waals surface area contributed by atoms with Crippen LogP contribution >= 0.6 is 0 Å². The van der Waals surface area contributed by atoms with Crippen molar-refractivity contribution in [2.75, 3.05) is 38.3 Å². The maximum absolute atomic E-state index is 12.6. The van der Waals surface area contributed by atoms with E-state index < -0.39 is 0 Å². The van der Waals surface area contributed by atoms with Crippen LogP contribution in [0.4, 0.5) is 5.82 Å². The van der Waals surface area contributed by atoms with Gasteiger partial charge in [0.05, 0.1) is 25.5 Å². The summed E-state index contributed by atoms with van der Waals surface area (Å²) in [6.45, 7) is 7.18. The molecule has 0 atom stereocenters. The number of carbonyl (C=O) groups is 1. The molecule has 25 heavy (non-hydrogen) atoms. The van der Waals surface area contributed by atoms with E-state index in [4.69, 9.17) is 4.74 Å². The number of hydrogen-bond acceptors (Lipinski definition) is 5. The van der Waals surface area contributed by atoms with Crippen LogP contribution in [0.25, 0.3) is 0 Å². The van der Waals surface area contributed by atoms with Crippen molar-refractivity contribution in [2.45, 2.75) is 20.4 Å². The number of morpholine rings is 1.